The number of aromatic nitrogens is 1. The largest absolute Gasteiger partial charge is 0.392 e. The highest BCUT2D eigenvalue weighted by molar-refractivity contribution is 7.99. The van der Waals surface area contributed by atoms with Gasteiger partial charge in [0.05, 0.1) is 11.6 Å². The van der Waals surface area contributed by atoms with E-state index in [9.17, 15) is 5.11 Å². The number of nitrogens with zero attached hydrogens (tertiary/aromatic N) is 1. The molecule has 5 heteroatoms. The molecule has 2 nitrogen and oxygen atoms in total. The van der Waals surface area contributed by atoms with Crippen molar-refractivity contribution < 1.29 is 5.11 Å². The molecule has 1 N–H and O–H groups in total. The van der Waals surface area contributed by atoms with Gasteiger partial charge >= 0.3 is 0 Å². The van der Waals surface area contributed by atoms with E-state index in [4.69, 9.17) is 23.2 Å². The van der Waals surface area contributed by atoms with Gasteiger partial charge in [0, 0.05) is 32.7 Å². The number of hydrogen-bond donors (Lipinski definition) is 1. The van der Waals surface area contributed by atoms with Crippen LogP contribution in [-0.4, -0.2) is 9.67 Å². The molecule has 2 aromatic carbocycles. The van der Waals surface area contributed by atoms with Crippen LogP contribution in [0.25, 0.3) is 0 Å². The van der Waals surface area contributed by atoms with Gasteiger partial charge in [0.2, 0.25) is 0 Å². The van der Waals surface area contributed by atoms with E-state index in [-0.39, 0.29) is 6.61 Å². The first kappa shape index (κ1) is 20.3. The number of aliphatic hydroxyl groups is 1. The van der Waals surface area contributed by atoms with Crippen LogP contribution in [0.4, 0.5) is 0 Å². The number of aliphatic hydroxyl groups excluding tert-OH is 1. The van der Waals surface area contributed by atoms with Crippen molar-refractivity contribution in [3.05, 3.63) is 81.0 Å². The second-order valence-corrected chi connectivity index (χ2v) is 8.81. The maximum absolute atomic E-state index is 10.0. The Kier molecular flexibility index (Phi) is 6.59. The van der Waals surface area contributed by atoms with Gasteiger partial charge in [0.1, 0.15) is 0 Å². The van der Waals surface area contributed by atoms with Crippen molar-refractivity contribution in [3.8, 4) is 0 Å². The number of rotatable bonds is 6. The van der Waals surface area contributed by atoms with Crippen molar-refractivity contribution in [2.75, 3.05) is 0 Å². The van der Waals surface area contributed by atoms with Gasteiger partial charge in [-0.05, 0) is 42.2 Å². The Balaban J connectivity index is 2.13. The summed E-state index contributed by atoms with van der Waals surface area (Å²) in [5.74, 6) is 0.292. The lowest BCUT2D eigenvalue weighted by atomic mass is 10.0. The number of benzene rings is 2. The zero-order chi connectivity index (χ0) is 19.6. The third-order valence-corrected chi connectivity index (χ3v) is 6.15. The lowest BCUT2D eigenvalue weighted by Gasteiger charge is -2.15. The van der Waals surface area contributed by atoms with Crippen molar-refractivity contribution in [2.45, 2.75) is 49.8 Å². The standard InChI is InChI=1S/C22H23Cl2NOS/c1-14(2)21-20(13-26)15(3)25(12-16-7-5-4-6-8-16)22(21)27-19-10-17(23)9-18(24)11-19/h4-11,14,26H,12-13H2,1-3H3. The molecular formula is C22H23Cl2NOS. The summed E-state index contributed by atoms with van der Waals surface area (Å²) >= 11 is 14.1. The molecule has 0 spiro atoms. The van der Waals surface area contributed by atoms with Crippen LogP contribution in [0.1, 0.15) is 42.1 Å². The van der Waals surface area contributed by atoms with E-state index in [0.29, 0.717) is 16.0 Å². The quantitative estimate of drug-likeness (QED) is 0.468. The van der Waals surface area contributed by atoms with Crippen LogP contribution in [0.2, 0.25) is 10.0 Å². The van der Waals surface area contributed by atoms with E-state index in [1.165, 1.54) is 11.1 Å². The zero-order valence-corrected chi connectivity index (χ0v) is 18.0. The number of hydrogen-bond acceptors (Lipinski definition) is 2. The molecule has 0 atom stereocenters. The summed E-state index contributed by atoms with van der Waals surface area (Å²) in [5.41, 5.74) is 4.52. The highest BCUT2D eigenvalue weighted by Crippen LogP contribution is 2.41. The van der Waals surface area contributed by atoms with E-state index in [1.807, 2.05) is 30.3 Å². The average Bonchev–Trinajstić information content (AvgIpc) is 2.87. The molecule has 0 aliphatic carbocycles. The first-order valence-electron chi connectivity index (χ1n) is 8.91. The fourth-order valence-corrected chi connectivity index (χ4v) is 5.38. The summed E-state index contributed by atoms with van der Waals surface area (Å²) in [5, 5.41) is 12.4. The van der Waals surface area contributed by atoms with Crippen LogP contribution >= 0.6 is 35.0 Å². The van der Waals surface area contributed by atoms with E-state index in [1.54, 1.807) is 17.8 Å². The van der Waals surface area contributed by atoms with E-state index < -0.39 is 0 Å². The van der Waals surface area contributed by atoms with Crippen molar-refractivity contribution in [1.82, 2.24) is 4.57 Å². The highest BCUT2D eigenvalue weighted by atomic mass is 35.5. The third-order valence-electron chi connectivity index (χ3n) is 4.61. The van der Waals surface area contributed by atoms with Crippen LogP contribution in [0, 0.1) is 6.92 Å². The maximum Gasteiger partial charge on any atom is 0.0840 e. The first-order valence-corrected chi connectivity index (χ1v) is 10.5. The molecule has 0 aliphatic heterocycles. The molecule has 0 bridgehead atoms. The van der Waals surface area contributed by atoms with Crippen molar-refractivity contribution in [3.63, 3.8) is 0 Å². The molecule has 0 unspecified atom stereocenters. The van der Waals surface area contributed by atoms with Crippen LogP contribution in [0.3, 0.4) is 0 Å². The summed E-state index contributed by atoms with van der Waals surface area (Å²) in [6.45, 7) is 7.19. The monoisotopic (exact) mass is 419 g/mol. The van der Waals surface area contributed by atoms with Crippen LogP contribution in [-0.2, 0) is 13.2 Å². The predicted molar refractivity (Wildman–Crippen MR) is 115 cm³/mol. The summed E-state index contributed by atoms with van der Waals surface area (Å²) in [7, 11) is 0. The second kappa shape index (κ2) is 8.74. The van der Waals surface area contributed by atoms with E-state index in [0.717, 1.165) is 27.7 Å². The topological polar surface area (TPSA) is 25.2 Å². The van der Waals surface area contributed by atoms with Gasteiger partial charge in [0.15, 0.2) is 0 Å². The Hall–Kier alpha value is -1.39. The summed E-state index contributed by atoms with van der Waals surface area (Å²) < 4.78 is 2.29. The lowest BCUT2D eigenvalue weighted by Crippen LogP contribution is -2.04. The molecule has 1 heterocycles. The van der Waals surface area contributed by atoms with Crippen molar-refractivity contribution in [1.29, 1.82) is 0 Å². The minimum atomic E-state index is 0.0327. The molecule has 0 saturated heterocycles. The Labute approximate surface area is 175 Å². The van der Waals surface area contributed by atoms with Gasteiger partial charge in [-0.1, -0.05) is 79.1 Å². The van der Waals surface area contributed by atoms with Gasteiger partial charge in [-0.3, -0.25) is 0 Å². The van der Waals surface area contributed by atoms with Crippen LogP contribution < -0.4 is 0 Å². The lowest BCUT2D eigenvalue weighted by molar-refractivity contribution is 0.279. The molecule has 0 aliphatic rings. The van der Waals surface area contributed by atoms with Gasteiger partial charge in [-0.2, -0.15) is 0 Å². The molecule has 3 aromatic rings. The average molecular weight is 420 g/mol. The van der Waals surface area contributed by atoms with Gasteiger partial charge < -0.3 is 9.67 Å². The SMILES string of the molecule is Cc1c(CO)c(C(C)C)c(Sc2cc(Cl)cc(Cl)c2)n1Cc1ccccc1. The van der Waals surface area contributed by atoms with E-state index >= 15 is 0 Å². The van der Waals surface area contributed by atoms with E-state index in [2.05, 4.69) is 37.5 Å². The van der Waals surface area contributed by atoms with Crippen LogP contribution in [0.15, 0.2) is 58.5 Å². The minimum absolute atomic E-state index is 0.0327. The molecule has 1 aromatic heterocycles. The Morgan fingerprint density at radius 1 is 1.04 bits per heavy atom. The van der Waals surface area contributed by atoms with Crippen molar-refractivity contribution >= 4 is 35.0 Å². The highest BCUT2D eigenvalue weighted by Gasteiger charge is 2.23. The third kappa shape index (κ3) is 4.55. The molecule has 27 heavy (non-hydrogen) atoms. The summed E-state index contributed by atoms with van der Waals surface area (Å²) in [6.07, 6.45) is 0. The fraction of sp³-hybridized carbons (Fsp3) is 0.273. The molecular weight excluding hydrogens is 397 g/mol. The molecule has 0 saturated carbocycles. The molecule has 142 valence electrons. The molecule has 0 fully saturated rings. The molecule has 3 rings (SSSR count). The fourth-order valence-electron chi connectivity index (χ4n) is 3.35. The second-order valence-electron chi connectivity index (χ2n) is 6.87. The zero-order valence-electron chi connectivity index (χ0n) is 15.7. The molecule has 0 amide bonds. The summed E-state index contributed by atoms with van der Waals surface area (Å²) in [6, 6.07) is 16.0. The number of halogens is 2. The summed E-state index contributed by atoms with van der Waals surface area (Å²) in [4.78, 5) is 0.991. The predicted octanol–water partition coefficient (Wildman–Crippen LogP) is 6.92. The smallest absolute Gasteiger partial charge is 0.0840 e. The normalized spacial score (nSPS) is 11.4. The van der Waals surface area contributed by atoms with Gasteiger partial charge in [-0.25, -0.2) is 0 Å². The van der Waals surface area contributed by atoms with Crippen LogP contribution in [0.5, 0.6) is 0 Å². The van der Waals surface area contributed by atoms with Gasteiger partial charge in [0.25, 0.3) is 0 Å². The van der Waals surface area contributed by atoms with Crippen molar-refractivity contribution in [2.24, 2.45) is 0 Å². The first-order chi connectivity index (χ1) is 12.9. The van der Waals surface area contributed by atoms with Gasteiger partial charge in [-0.15, -0.1) is 0 Å². The Morgan fingerprint density at radius 2 is 1.67 bits per heavy atom. The Morgan fingerprint density at radius 3 is 2.22 bits per heavy atom. The maximum atomic E-state index is 10.0. The minimum Gasteiger partial charge on any atom is -0.392 e. The molecule has 0 radical (unpaired) electrons. The Bertz CT molecular complexity index is 915.